The number of ether oxygens (including phenoxy) is 1. The van der Waals surface area contributed by atoms with Crippen LogP contribution < -0.4 is 5.32 Å². The van der Waals surface area contributed by atoms with Gasteiger partial charge in [0.1, 0.15) is 11.4 Å². The molecular formula is C25H29ClN4O2. The number of aromatic nitrogens is 2. The van der Waals surface area contributed by atoms with Crippen LogP contribution in [0.4, 0.5) is 10.6 Å². The smallest absolute Gasteiger partial charge is 0.410 e. The van der Waals surface area contributed by atoms with Crippen molar-refractivity contribution in [1.82, 2.24) is 14.9 Å². The van der Waals surface area contributed by atoms with Crippen LogP contribution in [0.2, 0.25) is 5.02 Å². The Hall–Kier alpha value is -3.12. The molecule has 6 nitrogen and oxygen atoms in total. The average Bonchev–Trinajstić information content (AvgIpc) is 2.72. The van der Waals surface area contributed by atoms with Crippen LogP contribution in [0.25, 0.3) is 23.1 Å². The minimum atomic E-state index is -0.523. The van der Waals surface area contributed by atoms with Gasteiger partial charge in [0.15, 0.2) is 5.82 Å². The number of likely N-dealkylation sites (N-methyl/N-ethyl adjacent to an activating group) is 1. The lowest BCUT2D eigenvalue weighted by molar-refractivity contribution is 0.0305. The lowest BCUT2D eigenvalue weighted by Gasteiger charge is -2.24. The first-order chi connectivity index (χ1) is 15.1. The number of hydrogen-bond donors (Lipinski definition) is 1. The van der Waals surface area contributed by atoms with E-state index in [9.17, 15) is 4.79 Å². The number of rotatable bonds is 6. The van der Waals surface area contributed by atoms with Gasteiger partial charge in [-0.15, -0.1) is 0 Å². The van der Waals surface area contributed by atoms with Crippen LogP contribution in [0.1, 0.15) is 37.7 Å². The van der Waals surface area contributed by atoms with Crippen LogP contribution >= 0.6 is 11.6 Å². The SMILES string of the molecule is Cc1ccc2nc(/C=C/c3ccc(Cl)cc3)nc(NCCN(C)C(=O)OC(C)(C)C)c2c1. The molecule has 0 spiro atoms. The Morgan fingerprint density at radius 2 is 1.84 bits per heavy atom. The second-order valence-electron chi connectivity index (χ2n) is 8.66. The van der Waals surface area contributed by atoms with E-state index in [1.54, 1.807) is 11.9 Å². The summed E-state index contributed by atoms with van der Waals surface area (Å²) >= 11 is 5.96. The summed E-state index contributed by atoms with van der Waals surface area (Å²) in [7, 11) is 1.72. The van der Waals surface area contributed by atoms with E-state index in [0.717, 1.165) is 27.8 Å². The lowest BCUT2D eigenvalue weighted by Crippen LogP contribution is -2.36. The Bertz CT molecular complexity index is 1120. The molecule has 0 bridgehead atoms. The Labute approximate surface area is 194 Å². The number of carbonyl (C=O) groups excluding carboxylic acids is 1. The molecule has 0 fully saturated rings. The van der Waals surface area contributed by atoms with E-state index in [1.807, 2.05) is 76.2 Å². The maximum Gasteiger partial charge on any atom is 0.410 e. The number of benzene rings is 2. The van der Waals surface area contributed by atoms with Crippen LogP contribution in [0.5, 0.6) is 0 Å². The predicted octanol–water partition coefficient (Wildman–Crippen LogP) is 6.04. The summed E-state index contributed by atoms with van der Waals surface area (Å²) in [6.45, 7) is 8.59. The normalized spacial score (nSPS) is 11.7. The molecule has 0 atom stereocenters. The maximum atomic E-state index is 12.2. The molecule has 3 aromatic rings. The first-order valence-corrected chi connectivity index (χ1v) is 10.9. The number of fused-ring (bicyclic) bond motifs is 1. The first-order valence-electron chi connectivity index (χ1n) is 10.5. The van der Waals surface area contributed by atoms with Crippen molar-refractivity contribution in [1.29, 1.82) is 0 Å². The Morgan fingerprint density at radius 1 is 1.12 bits per heavy atom. The molecule has 0 aliphatic rings. The summed E-state index contributed by atoms with van der Waals surface area (Å²) in [5.74, 6) is 1.33. The number of nitrogens with zero attached hydrogens (tertiary/aromatic N) is 3. The Morgan fingerprint density at radius 3 is 2.53 bits per heavy atom. The number of carbonyl (C=O) groups is 1. The monoisotopic (exact) mass is 452 g/mol. The van der Waals surface area contributed by atoms with Crippen molar-refractivity contribution in [2.24, 2.45) is 0 Å². The highest BCUT2D eigenvalue weighted by molar-refractivity contribution is 6.30. The fourth-order valence-electron chi connectivity index (χ4n) is 2.99. The van der Waals surface area contributed by atoms with E-state index < -0.39 is 5.60 Å². The summed E-state index contributed by atoms with van der Waals surface area (Å²) in [5.41, 5.74) is 2.46. The quantitative estimate of drug-likeness (QED) is 0.493. The molecule has 3 rings (SSSR count). The van der Waals surface area contributed by atoms with Gasteiger partial charge in [0.2, 0.25) is 0 Å². The minimum Gasteiger partial charge on any atom is -0.444 e. The van der Waals surface area contributed by atoms with E-state index in [0.29, 0.717) is 23.9 Å². The number of nitrogens with one attached hydrogen (secondary N) is 1. The highest BCUT2D eigenvalue weighted by atomic mass is 35.5. The molecule has 0 aliphatic carbocycles. The molecule has 0 aliphatic heterocycles. The molecule has 0 unspecified atom stereocenters. The molecular weight excluding hydrogens is 424 g/mol. The summed E-state index contributed by atoms with van der Waals surface area (Å²) < 4.78 is 5.40. The largest absolute Gasteiger partial charge is 0.444 e. The number of aryl methyl sites for hydroxylation is 1. The van der Waals surface area contributed by atoms with Crippen molar-refractivity contribution in [3.8, 4) is 0 Å². The number of hydrogen-bond acceptors (Lipinski definition) is 5. The lowest BCUT2D eigenvalue weighted by atomic mass is 10.1. The Balaban J connectivity index is 1.77. The zero-order valence-corrected chi connectivity index (χ0v) is 19.9. The highest BCUT2D eigenvalue weighted by Crippen LogP contribution is 2.23. The molecule has 7 heteroatoms. The fraction of sp³-hybridized carbons (Fsp3) is 0.320. The molecule has 32 heavy (non-hydrogen) atoms. The van der Waals surface area contributed by atoms with E-state index in [4.69, 9.17) is 21.3 Å². The van der Waals surface area contributed by atoms with Gasteiger partial charge in [-0.2, -0.15) is 0 Å². The van der Waals surface area contributed by atoms with Crippen molar-refractivity contribution in [2.45, 2.75) is 33.3 Å². The maximum absolute atomic E-state index is 12.2. The third-order valence-electron chi connectivity index (χ3n) is 4.61. The zero-order valence-electron chi connectivity index (χ0n) is 19.1. The van der Waals surface area contributed by atoms with Gasteiger partial charge in [-0.3, -0.25) is 0 Å². The van der Waals surface area contributed by atoms with Crippen molar-refractivity contribution >= 4 is 46.6 Å². The third kappa shape index (κ3) is 6.69. The van der Waals surface area contributed by atoms with Crippen molar-refractivity contribution < 1.29 is 9.53 Å². The fourth-order valence-corrected chi connectivity index (χ4v) is 3.11. The third-order valence-corrected chi connectivity index (χ3v) is 4.86. The number of halogens is 1. The van der Waals surface area contributed by atoms with Crippen LogP contribution in [0, 0.1) is 6.92 Å². The average molecular weight is 453 g/mol. The van der Waals surface area contributed by atoms with Crippen LogP contribution in [0.3, 0.4) is 0 Å². The second kappa shape index (κ2) is 10.0. The van der Waals surface area contributed by atoms with E-state index >= 15 is 0 Å². The molecule has 0 radical (unpaired) electrons. The number of anilines is 1. The van der Waals surface area contributed by atoms with Gasteiger partial charge in [-0.1, -0.05) is 41.4 Å². The van der Waals surface area contributed by atoms with Gasteiger partial charge in [0, 0.05) is 30.5 Å². The standard InChI is InChI=1S/C25H29ClN4O2/c1-17-6-12-21-20(16-17)23(27-14-15-30(5)24(31)32-25(2,3)4)29-22(28-21)13-9-18-7-10-19(26)11-8-18/h6-13,16H,14-15H2,1-5H3,(H,27,28,29)/b13-9+. The van der Waals surface area contributed by atoms with Crippen molar-refractivity contribution in [3.05, 3.63) is 64.4 Å². The van der Waals surface area contributed by atoms with Gasteiger partial charge in [-0.05, 0) is 63.6 Å². The molecule has 1 heterocycles. The molecule has 0 saturated carbocycles. The van der Waals surface area contributed by atoms with E-state index in [2.05, 4.69) is 16.4 Å². The summed E-state index contributed by atoms with van der Waals surface area (Å²) in [5, 5.41) is 4.99. The van der Waals surface area contributed by atoms with E-state index in [1.165, 1.54) is 0 Å². The topological polar surface area (TPSA) is 67.4 Å². The van der Waals surface area contributed by atoms with Gasteiger partial charge >= 0.3 is 6.09 Å². The minimum absolute atomic E-state index is 0.353. The molecule has 1 amide bonds. The van der Waals surface area contributed by atoms with Gasteiger partial charge in [0.25, 0.3) is 0 Å². The second-order valence-corrected chi connectivity index (χ2v) is 9.10. The molecule has 0 saturated heterocycles. The zero-order chi connectivity index (χ0) is 23.3. The summed E-state index contributed by atoms with van der Waals surface area (Å²) in [6, 6.07) is 13.6. The summed E-state index contributed by atoms with van der Waals surface area (Å²) in [6.07, 6.45) is 3.47. The Kier molecular flexibility index (Phi) is 7.36. The van der Waals surface area contributed by atoms with Crippen LogP contribution in [-0.4, -0.2) is 46.7 Å². The first kappa shape index (κ1) is 23.5. The van der Waals surface area contributed by atoms with Crippen molar-refractivity contribution in [3.63, 3.8) is 0 Å². The van der Waals surface area contributed by atoms with Gasteiger partial charge in [0.05, 0.1) is 5.52 Å². The highest BCUT2D eigenvalue weighted by Gasteiger charge is 2.19. The van der Waals surface area contributed by atoms with Crippen LogP contribution in [0.15, 0.2) is 42.5 Å². The number of amides is 1. The molecule has 2 aromatic carbocycles. The van der Waals surface area contributed by atoms with Gasteiger partial charge in [-0.25, -0.2) is 14.8 Å². The van der Waals surface area contributed by atoms with Crippen LogP contribution in [-0.2, 0) is 4.74 Å². The van der Waals surface area contributed by atoms with E-state index in [-0.39, 0.29) is 6.09 Å². The van der Waals surface area contributed by atoms with Gasteiger partial charge < -0.3 is 15.0 Å². The molecule has 1 N–H and O–H groups in total. The van der Waals surface area contributed by atoms with Crippen molar-refractivity contribution in [2.75, 3.05) is 25.5 Å². The predicted molar refractivity (Wildman–Crippen MR) is 132 cm³/mol. The molecule has 168 valence electrons. The summed E-state index contributed by atoms with van der Waals surface area (Å²) in [4.78, 5) is 23.1. The molecule has 1 aromatic heterocycles.